The Labute approximate surface area is 130 Å². The lowest BCUT2D eigenvalue weighted by molar-refractivity contribution is -0.141. The van der Waals surface area contributed by atoms with Gasteiger partial charge in [-0.25, -0.2) is 0 Å². The van der Waals surface area contributed by atoms with Crippen LogP contribution in [-0.4, -0.2) is 34.5 Å². The Morgan fingerprint density at radius 1 is 1.32 bits per heavy atom. The highest BCUT2D eigenvalue weighted by Gasteiger charge is 2.48. The minimum Gasteiger partial charge on any atom is -0.462 e. The van der Waals surface area contributed by atoms with Crippen LogP contribution in [0.4, 0.5) is 0 Å². The third-order valence-corrected chi connectivity index (χ3v) is 4.70. The number of aliphatic hydroxyl groups excluding tert-OH is 2. The summed E-state index contributed by atoms with van der Waals surface area (Å²) in [5.41, 5.74) is 1.20. The molecule has 5 atom stereocenters. The highest BCUT2D eigenvalue weighted by Crippen LogP contribution is 2.42. The van der Waals surface area contributed by atoms with Crippen molar-refractivity contribution in [3.05, 3.63) is 48.0 Å². The number of fused-ring (bicyclic) bond motifs is 1. The summed E-state index contributed by atoms with van der Waals surface area (Å²) < 4.78 is 5.20. The van der Waals surface area contributed by atoms with Crippen molar-refractivity contribution in [1.82, 2.24) is 0 Å². The van der Waals surface area contributed by atoms with Gasteiger partial charge < -0.3 is 14.9 Å². The average Bonchev–Trinajstić information content (AvgIpc) is 2.99. The van der Waals surface area contributed by atoms with Crippen LogP contribution in [0, 0.1) is 11.8 Å². The molecule has 1 aromatic carbocycles. The van der Waals surface area contributed by atoms with Gasteiger partial charge in [-0.1, -0.05) is 42.5 Å². The van der Waals surface area contributed by atoms with Gasteiger partial charge in [0.15, 0.2) is 0 Å². The number of carbonyl (C=O) groups is 1. The normalized spacial score (nSPS) is 32.2. The van der Waals surface area contributed by atoms with Gasteiger partial charge in [0.1, 0.15) is 6.10 Å². The summed E-state index contributed by atoms with van der Waals surface area (Å²) in [6.07, 6.45) is 4.78. The van der Waals surface area contributed by atoms with Crippen molar-refractivity contribution >= 4 is 5.97 Å². The summed E-state index contributed by atoms with van der Waals surface area (Å²) in [5, 5.41) is 20.2. The molecule has 3 rings (SSSR count). The molecule has 0 amide bonds. The summed E-state index contributed by atoms with van der Waals surface area (Å²) in [4.78, 5) is 11.3. The maximum atomic E-state index is 11.3. The first-order chi connectivity index (χ1) is 10.6. The first-order valence-corrected chi connectivity index (χ1v) is 7.91. The van der Waals surface area contributed by atoms with Gasteiger partial charge in [0.2, 0.25) is 0 Å². The number of benzene rings is 1. The molecule has 1 aliphatic carbocycles. The van der Waals surface area contributed by atoms with E-state index in [9.17, 15) is 15.0 Å². The van der Waals surface area contributed by atoms with Gasteiger partial charge in [-0.2, -0.15) is 0 Å². The van der Waals surface area contributed by atoms with Crippen LogP contribution < -0.4 is 0 Å². The number of carbonyl (C=O) groups excluding carboxylic acids is 1. The van der Waals surface area contributed by atoms with Crippen molar-refractivity contribution in [2.45, 2.75) is 44.0 Å². The van der Waals surface area contributed by atoms with E-state index < -0.39 is 12.2 Å². The molecule has 1 unspecified atom stereocenters. The zero-order chi connectivity index (χ0) is 15.5. The molecule has 0 radical (unpaired) electrons. The number of aryl methyl sites for hydroxylation is 1. The number of esters is 1. The Balaban J connectivity index is 1.53. The predicted octanol–water partition coefficient (Wildman–Crippen LogP) is 1.85. The molecule has 0 spiro atoms. The Bertz CT molecular complexity index is 539. The molecule has 4 heteroatoms. The van der Waals surface area contributed by atoms with Crippen LogP contribution in [0.2, 0.25) is 0 Å². The molecule has 0 aromatic heterocycles. The zero-order valence-electron chi connectivity index (χ0n) is 12.5. The number of rotatable bonds is 5. The van der Waals surface area contributed by atoms with E-state index in [-0.39, 0.29) is 23.9 Å². The Morgan fingerprint density at radius 2 is 2.09 bits per heavy atom. The number of ether oxygens (including phenoxy) is 1. The monoisotopic (exact) mass is 302 g/mol. The van der Waals surface area contributed by atoms with Crippen molar-refractivity contribution in [3.8, 4) is 0 Å². The molecule has 2 aliphatic rings. The van der Waals surface area contributed by atoms with Crippen LogP contribution >= 0.6 is 0 Å². The predicted molar refractivity (Wildman–Crippen MR) is 82.0 cm³/mol. The fourth-order valence-electron chi connectivity index (χ4n) is 3.50. The van der Waals surface area contributed by atoms with E-state index >= 15 is 0 Å². The van der Waals surface area contributed by atoms with E-state index in [0.717, 1.165) is 6.42 Å². The number of hydrogen-bond donors (Lipinski definition) is 2. The Hall–Kier alpha value is -1.65. The summed E-state index contributed by atoms with van der Waals surface area (Å²) in [7, 11) is 0. The van der Waals surface area contributed by atoms with E-state index in [1.165, 1.54) is 5.56 Å². The molecule has 2 fully saturated rings. The number of hydrogen-bond acceptors (Lipinski definition) is 4. The van der Waals surface area contributed by atoms with Gasteiger partial charge in [0.05, 0.1) is 18.6 Å². The van der Waals surface area contributed by atoms with Gasteiger partial charge in [-0.3, -0.25) is 4.79 Å². The van der Waals surface area contributed by atoms with Crippen molar-refractivity contribution < 1.29 is 19.7 Å². The van der Waals surface area contributed by atoms with Gasteiger partial charge >= 0.3 is 5.97 Å². The van der Waals surface area contributed by atoms with Gasteiger partial charge in [-0.05, 0) is 18.4 Å². The standard InChI is InChI=1S/C18H22O4/c19-13(7-6-12-4-2-1-3-5-12)8-9-14-15-10-18(21)22-17(15)11-16(14)20/h1-5,8-9,13-17,19-20H,6-7,10-11H2/t13?,14-,15-,16-,17+/m1/s1. The fraction of sp³-hybridized carbons (Fsp3) is 0.500. The third-order valence-electron chi connectivity index (χ3n) is 4.70. The molecule has 2 N–H and O–H groups in total. The molecule has 1 aliphatic heterocycles. The first kappa shape index (κ1) is 15.3. The van der Waals surface area contributed by atoms with Crippen LogP contribution in [0.25, 0.3) is 0 Å². The van der Waals surface area contributed by atoms with Crippen molar-refractivity contribution in [1.29, 1.82) is 0 Å². The highest BCUT2D eigenvalue weighted by molar-refractivity contribution is 5.72. The minimum atomic E-state index is -0.538. The van der Waals surface area contributed by atoms with Crippen LogP contribution in [0.3, 0.4) is 0 Å². The van der Waals surface area contributed by atoms with Gasteiger partial charge in [-0.15, -0.1) is 0 Å². The topological polar surface area (TPSA) is 66.8 Å². The van der Waals surface area contributed by atoms with Gasteiger partial charge in [0, 0.05) is 18.3 Å². The molecular formula is C18H22O4. The average molecular weight is 302 g/mol. The van der Waals surface area contributed by atoms with Crippen LogP contribution in [-0.2, 0) is 16.0 Å². The molecule has 22 heavy (non-hydrogen) atoms. The molecule has 0 bridgehead atoms. The summed E-state index contributed by atoms with van der Waals surface area (Å²) in [6, 6.07) is 10.0. The highest BCUT2D eigenvalue weighted by atomic mass is 16.6. The second-order valence-corrected chi connectivity index (χ2v) is 6.25. The lowest BCUT2D eigenvalue weighted by atomic mass is 9.91. The van der Waals surface area contributed by atoms with E-state index in [1.807, 2.05) is 36.4 Å². The van der Waals surface area contributed by atoms with Crippen molar-refractivity contribution in [2.24, 2.45) is 11.8 Å². The quantitative estimate of drug-likeness (QED) is 0.643. The molecule has 1 saturated heterocycles. The summed E-state index contributed by atoms with van der Waals surface area (Å²) >= 11 is 0. The fourth-order valence-corrected chi connectivity index (χ4v) is 3.50. The maximum Gasteiger partial charge on any atom is 0.306 e. The molecule has 4 nitrogen and oxygen atoms in total. The maximum absolute atomic E-state index is 11.3. The smallest absolute Gasteiger partial charge is 0.306 e. The molecular weight excluding hydrogens is 280 g/mol. The van der Waals surface area contributed by atoms with Crippen molar-refractivity contribution in [3.63, 3.8) is 0 Å². The lowest BCUT2D eigenvalue weighted by Crippen LogP contribution is -2.18. The van der Waals surface area contributed by atoms with E-state index in [2.05, 4.69) is 0 Å². The number of aliphatic hydroxyl groups is 2. The van der Waals surface area contributed by atoms with E-state index in [4.69, 9.17) is 4.74 Å². The summed E-state index contributed by atoms with van der Waals surface area (Å²) in [6.45, 7) is 0. The second kappa shape index (κ2) is 6.63. The van der Waals surface area contributed by atoms with E-state index in [1.54, 1.807) is 6.08 Å². The molecule has 1 saturated carbocycles. The molecule has 1 heterocycles. The zero-order valence-corrected chi connectivity index (χ0v) is 12.5. The van der Waals surface area contributed by atoms with Crippen molar-refractivity contribution in [2.75, 3.05) is 0 Å². The minimum absolute atomic E-state index is 0.0556. The second-order valence-electron chi connectivity index (χ2n) is 6.25. The third kappa shape index (κ3) is 3.39. The largest absolute Gasteiger partial charge is 0.462 e. The summed E-state index contributed by atoms with van der Waals surface area (Å²) in [5.74, 6) is -0.215. The van der Waals surface area contributed by atoms with Crippen LogP contribution in [0.15, 0.2) is 42.5 Å². The first-order valence-electron chi connectivity index (χ1n) is 7.91. The lowest BCUT2D eigenvalue weighted by Gasteiger charge is -2.15. The SMILES string of the molecule is O=C1C[C@@H]2[C@@H](C=CC(O)CCc3ccccc3)[C@H](O)C[C@@H]2O1. The van der Waals surface area contributed by atoms with E-state index in [0.29, 0.717) is 19.3 Å². The van der Waals surface area contributed by atoms with Crippen LogP contribution in [0.5, 0.6) is 0 Å². The molecule has 118 valence electrons. The van der Waals surface area contributed by atoms with Crippen LogP contribution in [0.1, 0.15) is 24.8 Å². The van der Waals surface area contributed by atoms with Gasteiger partial charge in [0.25, 0.3) is 0 Å². The molecule has 1 aromatic rings. The Morgan fingerprint density at radius 3 is 2.86 bits per heavy atom. The Kier molecular flexibility index (Phi) is 4.60.